The molecular weight excluding hydrogens is 396 g/mol. The highest BCUT2D eigenvalue weighted by molar-refractivity contribution is 9.10. The Balaban J connectivity index is 1.99. The summed E-state index contributed by atoms with van der Waals surface area (Å²) in [7, 11) is -3.63. The number of hydrogen-bond donors (Lipinski definition) is 1. The number of nitrogens with one attached hydrogen (secondary N) is 1. The number of halogens is 1. The van der Waals surface area contributed by atoms with E-state index in [-0.39, 0.29) is 0 Å². The SMILES string of the molecule is CCc1cc(Br)ccc1S(=O)(=O)Nc1ccc2sc(C)nc2c1. The quantitative estimate of drug-likeness (QED) is 0.675. The normalized spacial score (nSPS) is 11.8. The van der Waals surface area contributed by atoms with E-state index < -0.39 is 10.0 Å². The Bertz CT molecular complexity index is 981. The number of aromatic nitrogens is 1. The maximum Gasteiger partial charge on any atom is 0.262 e. The van der Waals surface area contributed by atoms with Crippen molar-refractivity contribution in [2.24, 2.45) is 0 Å². The van der Waals surface area contributed by atoms with Crippen LogP contribution in [0.4, 0.5) is 5.69 Å². The molecule has 0 bridgehead atoms. The smallest absolute Gasteiger partial charge is 0.262 e. The Labute approximate surface area is 147 Å². The third-order valence-corrected chi connectivity index (χ3v) is 6.37. The lowest BCUT2D eigenvalue weighted by Gasteiger charge is -2.12. The summed E-state index contributed by atoms with van der Waals surface area (Å²) in [5, 5.41) is 0.959. The van der Waals surface area contributed by atoms with Gasteiger partial charge in [0.05, 0.1) is 25.8 Å². The highest BCUT2D eigenvalue weighted by atomic mass is 79.9. The van der Waals surface area contributed by atoms with Crippen LogP contribution < -0.4 is 4.72 Å². The molecule has 0 spiro atoms. The number of benzene rings is 2. The number of thiazole rings is 1. The number of rotatable bonds is 4. The van der Waals surface area contributed by atoms with Gasteiger partial charge in [-0.2, -0.15) is 0 Å². The first kappa shape index (κ1) is 16.4. The molecule has 2 aromatic carbocycles. The molecule has 1 N–H and O–H groups in total. The minimum Gasteiger partial charge on any atom is -0.280 e. The van der Waals surface area contributed by atoms with E-state index in [2.05, 4.69) is 25.6 Å². The molecule has 0 aliphatic carbocycles. The topological polar surface area (TPSA) is 59.1 Å². The Morgan fingerprint density at radius 3 is 2.74 bits per heavy atom. The van der Waals surface area contributed by atoms with Crippen LogP contribution in [0.3, 0.4) is 0 Å². The Morgan fingerprint density at radius 2 is 2.00 bits per heavy atom. The average Bonchev–Trinajstić information content (AvgIpc) is 2.85. The van der Waals surface area contributed by atoms with Crippen molar-refractivity contribution in [2.45, 2.75) is 25.2 Å². The maximum absolute atomic E-state index is 12.7. The molecule has 0 radical (unpaired) electrons. The molecule has 0 atom stereocenters. The minimum atomic E-state index is -3.63. The summed E-state index contributed by atoms with van der Waals surface area (Å²) in [6, 6.07) is 10.6. The van der Waals surface area contributed by atoms with Gasteiger partial charge in [-0.3, -0.25) is 4.72 Å². The van der Waals surface area contributed by atoms with E-state index in [1.54, 1.807) is 35.6 Å². The second-order valence-electron chi connectivity index (χ2n) is 5.13. The molecule has 1 heterocycles. The van der Waals surface area contributed by atoms with E-state index in [0.29, 0.717) is 17.0 Å². The van der Waals surface area contributed by atoms with Gasteiger partial charge in [-0.1, -0.05) is 22.9 Å². The van der Waals surface area contributed by atoms with Crippen molar-refractivity contribution < 1.29 is 8.42 Å². The van der Waals surface area contributed by atoms with Crippen molar-refractivity contribution in [3.8, 4) is 0 Å². The zero-order valence-corrected chi connectivity index (χ0v) is 15.8. The molecule has 1 aromatic heterocycles. The van der Waals surface area contributed by atoms with E-state index >= 15 is 0 Å². The van der Waals surface area contributed by atoms with Crippen LogP contribution in [0.1, 0.15) is 17.5 Å². The molecule has 3 aromatic rings. The van der Waals surface area contributed by atoms with Gasteiger partial charge in [0.15, 0.2) is 0 Å². The monoisotopic (exact) mass is 410 g/mol. The molecule has 0 unspecified atom stereocenters. The first-order valence-electron chi connectivity index (χ1n) is 7.07. The van der Waals surface area contributed by atoms with Crippen LogP contribution in [0.25, 0.3) is 10.2 Å². The molecule has 0 fully saturated rings. The van der Waals surface area contributed by atoms with Crippen molar-refractivity contribution in [1.82, 2.24) is 4.98 Å². The van der Waals surface area contributed by atoms with E-state index in [1.165, 1.54) is 0 Å². The van der Waals surface area contributed by atoms with Crippen LogP contribution in [-0.2, 0) is 16.4 Å². The summed E-state index contributed by atoms with van der Waals surface area (Å²) >= 11 is 4.97. The summed E-state index contributed by atoms with van der Waals surface area (Å²) < 4.78 is 29.9. The van der Waals surface area contributed by atoms with Crippen molar-refractivity contribution in [1.29, 1.82) is 0 Å². The fourth-order valence-electron chi connectivity index (χ4n) is 2.40. The molecule has 0 saturated heterocycles. The van der Waals surface area contributed by atoms with Crippen LogP contribution in [0.5, 0.6) is 0 Å². The second-order valence-corrected chi connectivity index (χ2v) is 8.93. The van der Waals surface area contributed by atoms with Crippen LogP contribution in [0.15, 0.2) is 45.8 Å². The first-order chi connectivity index (χ1) is 10.9. The van der Waals surface area contributed by atoms with Gasteiger partial charge in [-0.25, -0.2) is 13.4 Å². The number of sulfonamides is 1. The fraction of sp³-hybridized carbons (Fsp3) is 0.188. The standard InChI is InChI=1S/C16H15BrN2O2S2/c1-3-11-8-12(17)4-7-16(11)23(20,21)19-13-5-6-15-14(9-13)18-10(2)22-15/h4-9,19H,3H2,1-2H3. The summed E-state index contributed by atoms with van der Waals surface area (Å²) in [6.45, 7) is 3.87. The fourth-order valence-corrected chi connectivity index (χ4v) is 4.96. The molecule has 120 valence electrons. The van der Waals surface area contributed by atoms with Crippen LogP contribution in [0, 0.1) is 6.92 Å². The summed E-state index contributed by atoms with van der Waals surface area (Å²) in [6.07, 6.45) is 0.639. The predicted octanol–water partition coefficient (Wildman–Crippen LogP) is 4.73. The minimum absolute atomic E-state index is 0.303. The lowest BCUT2D eigenvalue weighted by atomic mass is 10.2. The van der Waals surface area contributed by atoms with Crippen molar-refractivity contribution >= 4 is 53.2 Å². The highest BCUT2D eigenvalue weighted by Crippen LogP contribution is 2.27. The highest BCUT2D eigenvalue weighted by Gasteiger charge is 2.18. The van der Waals surface area contributed by atoms with Crippen LogP contribution in [0.2, 0.25) is 0 Å². The molecular formula is C16H15BrN2O2S2. The largest absolute Gasteiger partial charge is 0.280 e. The average molecular weight is 411 g/mol. The third kappa shape index (κ3) is 3.41. The Hall–Kier alpha value is -1.44. The Kier molecular flexibility index (Phi) is 4.44. The van der Waals surface area contributed by atoms with Gasteiger partial charge in [0.1, 0.15) is 0 Å². The van der Waals surface area contributed by atoms with Gasteiger partial charge in [0.25, 0.3) is 10.0 Å². The number of hydrogen-bond acceptors (Lipinski definition) is 4. The molecule has 23 heavy (non-hydrogen) atoms. The second kappa shape index (κ2) is 6.22. The van der Waals surface area contributed by atoms with Crippen LogP contribution >= 0.6 is 27.3 Å². The molecule has 7 heteroatoms. The molecule has 4 nitrogen and oxygen atoms in total. The molecule has 3 rings (SSSR count). The van der Waals surface area contributed by atoms with E-state index in [0.717, 1.165) is 25.3 Å². The lowest BCUT2D eigenvalue weighted by molar-refractivity contribution is 0.600. The van der Waals surface area contributed by atoms with Gasteiger partial charge in [0.2, 0.25) is 0 Å². The van der Waals surface area contributed by atoms with E-state index in [4.69, 9.17) is 0 Å². The van der Waals surface area contributed by atoms with E-state index in [9.17, 15) is 8.42 Å². The number of nitrogens with zero attached hydrogens (tertiary/aromatic N) is 1. The van der Waals surface area contributed by atoms with Gasteiger partial charge in [-0.05, 0) is 55.3 Å². The predicted molar refractivity (Wildman–Crippen MR) is 98.7 cm³/mol. The first-order valence-corrected chi connectivity index (χ1v) is 10.2. The third-order valence-electron chi connectivity index (χ3n) is 3.44. The van der Waals surface area contributed by atoms with E-state index in [1.807, 2.05) is 26.0 Å². The molecule has 0 amide bonds. The summed E-state index contributed by atoms with van der Waals surface area (Å²) in [4.78, 5) is 4.70. The van der Waals surface area contributed by atoms with Gasteiger partial charge in [0, 0.05) is 4.47 Å². The van der Waals surface area contributed by atoms with Crippen molar-refractivity contribution in [3.05, 3.63) is 51.4 Å². The maximum atomic E-state index is 12.7. The number of anilines is 1. The van der Waals surface area contributed by atoms with Gasteiger partial charge >= 0.3 is 0 Å². The zero-order valence-electron chi connectivity index (χ0n) is 12.6. The molecule has 0 aliphatic heterocycles. The van der Waals surface area contributed by atoms with Gasteiger partial charge < -0.3 is 0 Å². The zero-order chi connectivity index (χ0) is 16.6. The number of aryl methyl sites for hydroxylation is 2. The summed E-state index contributed by atoms with van der Waals surface area (Å²) in [5.74, 6) is 0. The van der Waals surface area contributed by atoms with Crippen molar-refractivity contribution in [3.63, 3.8) is 0 Å². The summed E-state index contributed by atoms with van der Waals surface area (Å²) in [5.41, 5.74) is 2.10. The van der Waals surface area contributed by atoms with Crippen molar-refractivity contribution in [2.75, 3.05) is 4.72 Å². The number of fused-ring (bicyclic) bond motifs is 1. The Morgan fingerprint density at radius 1 is 1.22 bits per heavy atom. The lowest BCUT2D eigenvalue weighted by Crippen LogP contribution is -2.14. The molecule has 0 aliphatic rings. The molecule has 0 saturated carbocycles. The van der Waals surface area contributed by atoms with Crippen LogP contribution in [-0.4, -0.2) is 13.4 Å². The van der Waals surface area contributed by atoms with Gasteiger partial charge in [-0.15, -0.1) is 11.3 Å².